The Morgan fingerprint density at radius 2 is 1.74 bits per heavy atom. The summed E-state index contributed by atoms with van der Waals surface area (Å²) in [6.45, 7) is 1.94. The van der Waals surface area contributed by atoms with Gasteiger partial charge in [-0.25, -0.2) is 22.9 Å². The van der Waals surface area contributed by atoms with Crippen molar-refractivity contribution in [2.24, 2.45) is 30.9 Å². The van der Waals surface area contributed by atoms with Crippen LogP contribution in [0.1, 0.15) is 20.1 Å². The largest absolute Gasteiger partial charge is 0.513 e. The van der Waals surface area contributed by atoms with Gasteiger partial charge >= 0.3 is 28.9 Å². The molecule has 214 valence electrons. The average Bonchev–Trinajstić information content (AvgIpc) is 3.17. The van der Waals surface area contributed by atoms with E-state index in [4.69, 9.17) is 15.0 Å². The molecule has 1 aromatic heterocycles. The van der Waals surface area contributed by atoms with E-state index in [9.17, 15) is 43.0 Å². The Morgan fingerprint density at radius 1 is 1.13 bits per heavy atom. The molecule has 0 aliphatic carbocycles. The molecule has 0 saturated carbocycles. The standard InChI is InChI=1S/C14H18FN8O13P3/c1-8(2)3-5-14(11(18-25)10(15)12(34-14)23-6-4-9(16)17-13(23)24)7-33-38(31,21-28)36-39(32,22-29)35-37(30,19-26)20-27/h3-6,8,10-12H,7H2,1-2H3,(H2,16,17,24)/b5-3+/t10-,11+,12?,14-,38?,39?/m1/s1. The Kier molecular flexibility index (Phi) is 10.2. The number of nitrogen functional groups attached to an aromatic ring is 1. The van der Waals surface area contributed by atoms with Crippen LogP contribution in [0.15, 0.2) is 54.2 Å². The summed E-state index contributed by atoms with van der Waals surface area (Å²) in [5.41, 5.74) is 1.93. The van der Waals surface area contributed by atoms with Gasteiger partial charge in [-0.3, -0.25) is 9.09 Å². The summed E-state index contributed by atoms with van der Waals surface area (Å²) >= 11 is 0. The highest BCUT2D eigenvalue weighted by Crippen LogP contribution is 2.73. The maximum absolute atomic E-state index is 15.4. The van der Waals surface area contributed by atoms with E-state index in [2.05, 4.69) is 18.8 Å². The van der Waals surface area contributed by atoms with Gasteiger partial charge in [0.05, 0.1) is 6.61 Å². The fourth-order valence-electron chi connectivity index (χ4n) is 3.02. The number of nitroso groups, excluding NO2 is 5. The van der Waals surface area contributed by atoms with E-state index >= 15 is 4.39 Å². The Labute approximate surface area is 215 Å². The SMILES string of the molecule is CC(C)/C=C/[C@]1(COP(=O)(N=O)OP(=O)(N=O)OP(=O)(N=O)N=O)OC(n2ccc(N)nc2=O)[C@H](F)[C@@H]1N=O. The van der Waals surface area contributed by atoms with Crippen molar-refractivity contribution in [1.29, 1.82) is 0 Å². The summed E-state index contributed by atoms with van der Waals surface area (Å²) in [5.74, 6) is -0.537. The lowest BCUT2D eigenvalue weighted by atomic mass is 9.93. The van der Waals surface area contributed by atoms with Crippen LogP contribution >= 0.6 is 23.2 Å². The van der Waals surface area contributed by atoms with E-state index in [1.54, 1.807) is 28.7 Å². The van der Waals surface area contributed by atoms with Crippen LogP contribution in [0.5, 0.6) is 0 Å². The van der Waals surface area contributed by atoms with Crippen LogP contribution in [-0.4, -0.2) is 34.0 Å². The van der Waals surface area contributed by atoms with Gasteiger partial charge in [0.1, 0.15) is 11.4 Å². The second kappa shape index (κ2) is 12.4. The molecular weight excluding hydrogens is 600 g/mol. The lowest BCUT2D eigenvalue weighted by Gasteiger charge is -2.28. The van der Waals surface area contributed by atoms with E-state index in [1.165, 1.54) is 6.08 Å². The van der Waals surface area contributed by atoms with Crippen LogP contribution < -0.4 is 11.4 Å². The third kappa shape index (κ3) is 7.30. The van der Waals surface area contributed by atoms with Gasteiger partial charge in [-0.15, -0.1) is 19.6 Å². The third-order valence-corrected chi connectivity index (χ3v) is 9.29. The highest BCUT2D eigenvalue weighted by molar-refractivity contribution is 7.72. The maximum Gasteiger partial charge on any atom is 0.513 e. The van der Waals surface area contributed by atoms with Crippen molar-refractivity contribution in [2.75, 3.05) is 12.3 Å². The zero-order valence-corrected chi connectivity index (χ0v) is 22.2. The highest BCUT2D eigenvalue weighted by Gasteiger charge is 2.59. The molecule has 0 amide bonds. The van der Waals surface area contributed by atoms with Crippen molar-refractivity contribution in [3.05, 3.63) is 59.4 Å². The monoisotopic (exact) mass is 618 g/mol. The van der Waals surface area contributed by atoms with E-state index in [1.807, 2.05) is 4.95 Å². The Bertz CT molecular complexity index is 1360. The van der Waals surface area contributed by atoms with Gasteiger partial charge in [0.15, 0.2) is 18.4 Å². The van der Waals surface area contributed by atoms with E-state index in [0.717, 1.165) is 18.3 Å². The molecule has 39 heavy (non-hydrogen) atoms. The molecule has 21 nitrogen and oxygen atoms in total. The van der Waals surface area contributed by atoms with Crippen LogP contribution in [0.3, 0.4) is 0 Å². The molecule has 0 spiro atoms. The lowest BCUT2D eigenvalue weighted by molar-refractivity contribution is -0.0782. The Hall–Kier alpha value is -3.12. The summed E-state index contributed by atoms with van der Waals surface area (Å²) in [5, 5.41) is 2.65. The number of allylic oxidation sites excluding steroid dienone is 1. The van der Waals surface area contributed by atoms with Crippen LogP contribution in [0, 0.1) is 30.5 Å². The predicted octanol–water partition coefficient (Wildman–Crippen LogP) is 4.22. The second-order valence-corrected chi connectivity index (χ2v) is 12.9. The van der Waals surface area contributed by atoms with Gasteiger partial charge in [-0.2, -0.15) is 18.5 Å². The minimum atomic E-state index is -5.96. The summed E-state index contributed by atoms with van der Waals surface area (Å²) < 4.78 is 70.7. The maximum atomic E-state index is 15.4. The molecule has 6 atom stereocenters. The smallest absolute Gasteiger partial charge is 0.383 e. The van der Waals surface area contributed by atoms with Gasteiger partial charge < -0.3 is 10.5 Å². The van der Waals surface area contributed by atoms with Gasteiger partial charge in [0, 0.05) is 26.0 Å². The number of alkyl halides is 1. The predicted molar refractivity (Wildman–Crippen MR) is 128 cm³/mol. The summed E-state index contributed by atoms with van der Waals surface area (Å²) in [4.78, 5) is 77.4. The number of hydrogen-bond acceptors (Lipinski definition) is 16. The molecule has 0 radical (unpaired) electrons. The van der Waals surface area contributed by atoms with E-state index in [-0.39, 0.29) is 11.7 Å². The minimum absolute atomic E-state index is 0.228. The third-order valence-electron chi connectivity index (χ3n) is 4.69. The van der Waals surface area contributed by atoms with Gasteiger partial charge in [0.2, 0.25) is 0 Å². The van der Waals surface area contributed by atoms with Gasteiger partial charge in [0.25, 0.3) is 0 Å². The first-order valence-corrected chi connectivity index (χ1v) is 14.6. The molecule has 1 fully saturated rings. The van der Waals surface area contributed by atoms with Gasteiger partial charge in [-0.1, -0.05) is 31.2 Å². The molecule has 2 rings (SSSR count). The fourth-order valence-corrected chi connectivity index (χ4v) is 6.75. The summed E-state index contributed by atoms with van der Waals surface area (Å²) in [7, 11) is -17.3. The number of ether oxygens (including phenoxy) is 1. The van der Waals surface area contributed by atoms with Crippen molar-refractivity contribution in [3.8, 4) is 0 Å². The minimum Gasteiger partial charge on any atom is -0.383 e. The Balaban J connectivity index is 2.50. The van der Waals surface area contributed by atoms with Gasteiger partial charge in [-0.05, 0) is 12.0 Å². The molecule has 2 N–H and O–H groups in total. The molecule has 0 bridgehead atoms. The van der Waals surface area contributed by atoms with Crippen molar-refractivity contribution in [3.63, 3.8) is 0 Å². The number of aromatic nitrogens is 2. The first kappa shape index (κ1) is 32.1. The van der Waals surface area contributed by atoms with Crippen LogP contribution in [0.4, 0.5) is 10.2 Å². The van der Waals surface area contributed by atoms with Crippen molar-refractivity contribution in [1.82, 2.24) is 9.55 Å². The summed E-state index contributed by atoms with van der Waals surface area (Å²) in [6, 6.07) is -0.974. The molecular formula is C14H18FN8O13P3. The van der Waals surface area contributed by atoms with Crippen molar-refractivity contribution < 1.29 is 36.0 Å². The summed E-state index contributed by atoms with van der Waals surface area (Å²) in [6.07, 6.45) is -0.964. The normalized spacial score (nSPS) is 26.5. The number of anilines is 1. The molecule has 1 aliphatic heterocycles. The molecule has 25 heteroatoms. The van der Waals surface area contributed by atoms with Crippen LogP contribution in [0.25, 0.3) is 0 Å². The zero-order valence-electron chi connectivity index (χ0n) is 19.6. The van der Waals surface area contributed by atoms with Crippen molar-refractivity contribution >= 4 is 29.0 Å². The Morgan fingerprint density at radius 3 is 2.23 bits per heavy atom. The zero-order chi connectivity index (χ0) is 29.6. The average molecular weight is 618 g/mol. The van der Waals surface area contributed by atoms with Crippen LogP contribution in [0.2, 0.25) is 0 Å². The second-order valence-electron chi connectivity index (χ2n) is 7.79. The molecule has 1 aromatic rings. The number of nitrogens with two attached hydrogens (primary N) is 1. The quantitative estimate of drug-likeness (QED) is 0.163. The number of halogens is 1. The first-order valence-electron chi connectivity index (χ1n) is 10.1. The van der Waals surface area contributed by atoms with E-state index < -0.39 is 59.5 Å². The fraction of sp³-hybridized carbons (Fsp3) is 0.571. The lowest BCUT2D eigenvalue weighted by Crippen LogP contribution is -2.43. The molecule has 1 saturated heterocycles. The highest BCUT2D eigenvalue weighted by atomic mass is 31.3. The first-order chi connectivity index (χ1) is 18.1. The number of rotatable bonds is 15. The molecule has 1 aliphatic rings. The van der Waals surface area contributed by atoms with Crippen molar-refractivity contribution in [2.45, 2.75) is 37.9 Å². The topological polar surface area (TPSA) is 296 Å². The molecule has 0 aromatic carbocycles. The van der Waals surface area contributed by atoms with Crippen LogP contribution in [-0.2, 0) is 31.6 Å². The van der Waals surface area contributed by atoms with E-state index in [0.29, 0.717) is 4.57 Å². The number of nitrogens with zero attached hydrogens (tertiary/aromatic N) is 7. The number of hydrogen-bond donors (Lipinski definition) is 1. The molecule has 2 heterocycles. The molecule has 3 unspecified atom stereocenters.